The number of nitrogens with one attached hydrogen (secondary N) is 1. The van der Waals surface area contributed by atoms with Crippen molar-refractivity contribution in [1.29, 1.82) is 0 Å². The lowest BCUT2D eigenvalue weighted by Crippen LogP contribution is -2.33. The van der Waals surface area contributed by atoms with E-state index in [1.165, 1.54) is 17.4 Å². The van der Waals surface area contributed by atoms with Crippen molar-refractivity contribution >= 4 is 33.9 Å². The Morgan fingerprint density at radius 1 is 1.27 bits per heavy atom. The van der Waals surface area contributed by atoms with Crippen molar-refractivity contribution in [3.63, 3.8) is 0 Å². The van der Waals surface area contributed by atoms with E-state index in [0.29, 0.717) is 6.42 Å². The summed E-state index contributed by atoms with van der Waals surface area (Å²) < 4.78 is 20.0. The van der Waals surface area contributed by atoms with Crippen molar-refractivity contribution < 1.29 is 9.13 Å². The van der Waals surface area contributed by atoms with Crippen molar-refractivity contribution in [2.75, 3.05) is 5.32 Å². The molecule has 7 heteroatoms. The molecule has 0 bridgehead atoms. The lowest BCUT2D eigenvalue weighted by molar-refractivity contribution is 0.103. The average Bonchev–Trinajstić information content (AvgIpc) is 3.26. The molecule has 0 amide bonds. The van der Waals surface area contributed by atoms with Crippen molar-refractivity contribution in [1.82, 2.24) is 9.97 Å². The standard InChI is InChI=1S/C23H21ClFN3OS/c1-2-23(15-16-5-3-8-20(27-16)28-22-26-13-14-30-22)11-9-17(10-12-23)29-19-7-4-6-18(24)21(19)25/h1,3-8,13-14,17H,9-12,15H2,(H,26,27,28)/t17-,23+. The number of rotatable bonds is 6. The SMILES string of the molecule is C#C[C@]1(Cc2cccc(Nc3nccs3)n2)CC[C@@H](Oc2cccc(Cl)c2F)CC1. The monoisotopic (exact) mass is 441 g/mol. The fraction of sp³-hybridized carbons (Fsp3) is 0.304. The Morgan fingerprint density at radius 2 is 2.07 bits per heavy atom. The molecule has 1 fully saturated rings. The summed E-state index contributed by atoms with van der Waals surface area (Å²) in [5, 5.41) is 6.00. The molecule has 1 aromatic carbocycles. The quantitative estimate of drug-likeness (QED) is 0.459. The molecule has 3 aromatic rings. The number of ether oxygens (including phenoxy) is 1. The number of terminal acetylenes is 1. The topological polar surface area (TPSA) is 47.0 Å². The molecule has 4 rings (SSSR count). The zero-order valence-electron chi connectivity index (χ0n) is 16.3. The zero-order valence-corrected chi connectivity index (χ0v) is 17.8. The molecule has 1 saturated carbocycles. The van der Waals surface area contributed by atoms with Crippen LogP contribution in [0.4, 0.5) is 15.3 Å². The van der Waals surface area contributed by atoms with Crippen LogP contribution in [0.15, 0.2) is 48.0 Å². The molecular weight excluding hydrogens is 421 g/mol. The minimum Gasteiger partial charge on any atom is -0.487 e. The van der Waals surface area contributed by atoms with Crippen molar-refractivity contribution in [3.05, 3.63) is 64.5 Å². The van der Waals surface area contributed by atoms with Gasteiger partial charge in [0.05, 0.1) is 11.1 Å². The van der Waals surface area contributed by atoms with E-state index in [0.717, 1.165) is 42.3 Å². The summed E-state index contributed by atoms with van der Waals surface area (Å²) in [6, 6.07) is 10.7. The first-order chi connectivity index (χ1) is 14.6. The molecule has 154 valence electrons. The Morgan fingerprint density at radius 3 is 2.80 bits per heavy atom. The van der Waals surface area contributed by atoms with Gasteiger partial charge in [-0.05, 0) is 49.9 Å². The fourth-order valence-corrected chi connectivity index (χ4v) is 4.48. The summed E-state index contributed by atoms with van der Waals surface area (Å²) in [6.45, 7) is 0. The largest absolute Gasteiger partial charge is 0.487 e. The predicted molar refractivity (Wildman–Crippen MR) is 119 cm³/mol. The third-order valence-electron chi connectivity index (χ3n) is 5.40. The van der Waals surface area contributed by atoms with E-state index in [2.05, 4.69) is 16.2 Å². The summed E-state index contributed by atoms with van der Waals surface area (Å²) in [7, 11) is 0. The van der Waals surface area contributed by atoms with Gasteiger partial charge in [0.1, 0.15) is 5.82 Å². The minimum absolute atomic E-state index is 0.0681. The van der Waals surface area contributed by atoms with Gasteiger partial charge in [0.15, 0.2) is 16.7 Å². The first-order valence-electron chi connectivity index (χ1n) is 9.78. The summed E-state index contributed by atoms with van der Waals surface area (Å²) in [5.74, 6) is 3.45. The van der Waals surface area contributed by atoms with Crippen LogP contribution in [0.5, 0.6) is 5.75 Å². The third kappa shape index (κ3) is 4.75. The van der Waals surface area contributed by atoms with E-state index in [4.69, 9.17) is 27.7 Å². The van der Waals surface area contributed by atoms with Gasteiger partial charge in [-0.2, -0.15) is 0 Å². The molecule has 1 aliphatic rings. The van der Waals surface area contributed by atoms with Gasteiger partial charge in [-0.15, -0.1) is 17.8 Å². The second-order valence-electron chi connectivity index (χ2n) is 7.45. The molecule has 1 N–H and O–H groups in total. The highest BCUT2D eigenvalue weighted by molar-refractivity contribution is 7.13. The van der Waals surface area contributed by atoms with Gasteiger partial charge in [0.25, 0.3) is 0 Å². The zero-order chi connectivity index (χ0) is 21.0. The molecule has 0 spiro atoms. The Labute approximate surface area is 184 Å². The van der Waals surface area contributed by atoms with Crippen LogP contribution in [0.3, 0.4) is 0 Å². The van der Waals surface area contributed by atoms with Crippen molar-refractivity contribution in [2.45, 2.75) is 38.2 Å². The lowest BCUT2D eigenvalue weighted by Gasteiger charge is -2.36. The normalized spacial score (nSPS) is 21.0. The number of aromatic nitrogens is 2. The van der Waals surface area contributed by atoms with Crippen molar-refractivity contribution in [2.24, 2.45) is 5.41 Å². The molecule has 0 atom stereocenters. The Balaban J connectivity index is 1.40. The van der Waals surface area contributed by atoms with Gasteiger partial charge < -0.3 is 10.1 Å². The van der Waals surface area contributed by atoms with E-state index >= 15 is 0 Å². The Hall–Kier alpha value is -2.62. The van der Waals surface area contributed by atoms with Crippen molar-refractivity contribution in [3.8, 4) is 18.1 Å². The molecule has 2 heterocycles. The summed E-state index contributed by atoms with van der Waals surface area (Å²) in [5.41, 5.74) is 0.661. The Kier molecular flexibility index (Phi) is 6.21. The number of hydrogen-bond donors (Lipinski definition) is 1. The number of pyridine rings is 1. The molecular formula is C23H21ClFN3OS. The van der Waals surface area contributed by atoms with Crippen LogP contribution >= 0.6 is 22.9 Å². The van der Waals surface area contributed by atoms with Gasteiger partial charge in [-0.25, -0.2) is 14.4 Å². The third-order valence-corrected chi connectivity index (χ3v) is 6.38. The predicted octanol–water partition coefficient (Wildman–Crippen LogP) is 6.26. The highest BCUT2D eigenvalue weighted by atomic mass is 35.5. The fourth-order valence-electron chi connectivity index (χ4n) is 3.78. The first kappa shape index (κ1) is 20.6. The van der Waals surface area contributed by atoms with Crippen LogP contribution in [-0.4, -0.2) is 16.1 Å². The van der Waals surface area contributed by atoms with Gasteiger partial charge >= 0.3 is 0 Å². The maximum absolute atomic E-state index is 14.1. The van der Waals surface area contributed by atoms with E-state index < -0.39 is 5.82 Å². The van der Waals surface area contributed by atoms with Crippen LogP contribution in [0.25, 0.3) is 0 Å². The molecule has 1 aliphatic carbocycles. The van der Waals surface area contributed by atoms with Crippen LogP contribution in [0.2, 0.25) is 5.02 Å². The average molecular weight is 442 g/mol. The van der Waals surface area contributed by atoms with Gasteiger partial charge in [0.2, 0.25) is 0 Å². The summed E-state index contributed by atoms with van der Waals surface area (Å²) in [4.78, 5) is 8.93. The summed E-state index contributed by atoms with van der Waals surface area (Å²) >= 11 is 7.37. The van der Waals surface area contributed by atoms with E-state index in [1.807, 2.05) is 23.6 Å². The van der Waals surface area contributed by atoms with Crippen LogP contribution in [0.1, 0.15) is 31.4 Å². The van der Waals surface area contributed by atoms with Gasteiger partial charge in [0, 0.05) is 29.1 Å². The van der Waals surface area contributed by atoms with Gasteiger partial charge in [-0.1, -0.05) is 29.7 Å². The molecule has 0 unspecified atom stereocenters. The van der Waals surface area contributed by atoms with E-state index in [9.17, 15) is 4.39 Å². The molecule has 0 radical (unpaired) electrons. The second kappa shape index (κ2) is 9.03. The van der Waals surface area contributed by atoms with Gasteiger partial charge in [-0.3, -0.25) is 0 Å². The lowest BCUT2D eigenvalue weighted by atomic mass is 9.71. The molecule has 0 saturated heterocycles. The number of hydrogen-bond acceptors (Lipinski definition) is 5. The number of benzene rings is 1. The van der Waals surface area contributed by atoms with E-state index in [1.54, 1.807) is 18.3 Å². The van der Waals surface area contributed by atoms with Crippen LogP contribution in [-0.2, 0) is 6.42 Å². The number of nitrogens with zero attached hydrogens (tertiary/aromatic N) is 2. The molecule has 2 aromatic heterocycles. The number of halogens is 2. The maximum atomic E-state index is 14.1. The van der Waals surface area contributed by atoms with E-state index in [-0.39, 0.29) is 22.3 Å². The van der Waals surface area contributed by atoms with Crippen LogP contribution < -0.4 is 10.1 Å². The summed E-state index contributed by atoms with van der Waals surface area (Å²) in [6.07, 6.45) is 11.4. The first-order valence-corrected chi connectivity index (χ1v) is 11.0. The number of thiazole rings is 1. The Bertz CT molecular complexity index is 1040. The second-order valence-corrected chi connectivity index (χ2v) is 8.75. The minimum atomic E-state index is -0.512. The maximum Gasteiger partial charge on any atom is 0.188 e. The van der Waals surface area contributed by atoms with Crippen LogP contribution in [0, 0.1) is 23.6 Å². The molecule has 4 nitrogen and oxygen atoms in total. The highest BCUT2D eigenvalue weighted by Crippen LogP contribution is 2.40. The highest BCUT2D eigenvalue weighted by Gasteiger charge is 2.35. The molecule has 30 heavy (non-hydrogen) atoms. The smallest absolute Gasteiger partial charge is 0.188 e. The molecule has 0 aliphatic heterocycles. The number of anilines is 2.